The number of allylic oxidation sites excluding steroid dienone is 1. The zero-order valence-corrected chi connectivity index (χ0v) is 11.4. The summed E-state index contributed by atoms with van der Waals surface area (Å²) in [5.41, 5.74) is 5.51. The summed E-state index contributed by atoms with van der Waals surface area (Å²) in [6.07, 6.45) is 4.53. The van der Waals surface area contributed by atoms with Gasteiger partial charge in [0.1, 0.15) is 0 Å². The molecule has 2 heteroatoms. The van der Waals surface area contributed by atoms with Crippen LogP contribution >= 0.6 is 15.9 Å². The lowest BCUT2D eigenvalue weighted by Crippen LogP contribution is -2.00. The summed E-state index contributed by atoms with van der Waals surface area (Å²) in [6, 6.07) is 12.7. The molecule has 1 heterocycles. The van der Waals surface area contributed by atoms with Crippen molar-refractivity contribution < 1.29 is 0 Å². The fourth-order valence-electron chi connectivity index (χ4n) is 2.41. The topological polar surface area (TPSA) is 4.93 Å². The first-order valence-electron chi connectivity index (χ1n) is 5.94. The van der Waals surface area contributed by atoms with E-state index in [1.807, 2.05) is 0 Å². The van der Waals surface area contributed by atoms with E-state index in [2.05, 4.69) is 69.9 Å². The third-order valence-corrected chi connectivity index (χ3v) is 3.90. The van der Waals surface area contributed by atoms with E-state index in [4.69, 9.17) is 0 Å². The SMILES string of the molecule is CCC1=Cc2cc(Br)n(-c3ccccc3)c2C1. The van der Waals surface area contributed by atoms with E-state index in [0.29, 0.717) is 0 Å². The van der Waals surface area contributed by atoms with Crippen LogP contribution in [0.1, 0.15) is 24.6 Å². The van der Waals surface area contributed by atoms with Crippen LogP contribution in [0.4, 0.5) is 0 Å². The van der Waals surface area contributed by atoms with Crippen LogP contribution in [0, 0.1) is 0 Å². The Hall–Kier alpha value is -1.28. The van der Waals surface area contributed by atoms with Gasteiger partial charge in [-0.1, -0.05) is 36.8 Å². The molecule has 2 aromatic rings. The first-order chi connectivity index (χ1) is 8.29. The summed E-state index contributed by atoms with van der Waals surface area (Å²) in [5.74, 6) is 0. The predicted molar refractivity (Wildman–Crippen MR) is 75.4 cm³/mol. The second-order valence-electron chi connectivity index (χ2n) is 4.37. The van der Waals surface area contributed by atoms with Gasteiger partial charge in [-0.15, -0.1) is 0 Å². The molecule has 86 valence electrons. The summed E-state index contributed by atoms with van der Waals surface area (Å²) in [6.45, 7) is 2.22. The van der Waals surface area contributed by atoms with Crippen LogP contribution in [0.5, 0.6) is 0 Å². The number of fused-ring (bicyclic) bond motifs is 1. The Morgan fingerprint density at radius 2 is 2.00 bits per heavy atom. The largest absolute Gasteiger partial charge is 0.307 e. The van der Waals surface area contributed by atoms with Gasteiger partial charge in [0.25, 0.3) is 0 Å². The average molecular weight is 288 g/mol. The van der Waals surface area contributed by atoms with E-state index in [1.165, 1.54) is 22.5 Å². The number of rotatable bonds is 2. The third-order valence-electron chi connectivity index (χ3n) is 3.31. The van der Waals surface area contributed by atoms with Crippen molar-refractivity contribution >= 4 is 22.0 Å². The molecule has 0 fully saturated rings. The van der Waals surface area contributed by atoms with Gasteiger partial charge in [0, 0.05) is 17.8 Å². The molecule has 0 aliphatic heterocycles. The third kappa shape index (κ3) is 1.77. The maximum absolute atomic E-state index is 3.65. The Balaban J connectivity index is 2.12. The molecule has 1 nitrogen and oxygen atoms in total. The average Bonchev–Trinajstić information content (AvgIpc) is 2.86. The molecule has 1 aliphatic carbocycles. The van der Waals surface area contributed by atoms with Crippen LogP contribution in [-0.2, 0) is 6.42 Å². The fourth-order valence-corrected chi connectivity index (χ4v) is 3.08. The summed E-state index contributed by atoms with van der Waals surface area (Å²) < 4.78 is 3.44. The molecule has 17 heavy (non-hydrogen) atoms. The number of aromatic nitrogens is 1. The highest BCUT2D eigenvalue weighted by atomic mass is 79.9. The molecule has 0 saturated carbocycles. The lowest BCUT2D eigenvalue weighted by molar-refractivity contribution is 0.917. The molecule has 1 aromatic carbocycles. The van der Waals surface area contributed by atoms with E-state index in [1.54, 1.807) is 0 Å². The second-order valence-corrected chi connectivity index (χ2v) is 5.19. The summed E-state index contributed by atoms with van der Waals surface area (Å²) in [7, 11) is 0. The lowest BCUT2D eigenvalue weighted by Gasteiger charge is -2.10. The van der Waals surface area contributed by atoms with Crippen molar-refractivity contribution in [2.75, 3.05) is 0 Å². The molecule has 0 amide bonds. The Morgan fingerprint density at radius 3 is 2.71 bits per heavy atom. The van der Waals surface area contributed by atoms with Crippen molar-refractivity contribution in [1.82, 2.24) is 4.57 Å². The highest BCUT2D eigenvalue weighted by molar-refractivity contribution is 9.10. The van der Waals surface area contributed by atoms with Gasteiger partial charge in [-0.2, -0.15) is 0 Å². The van der Waals surface area contributed by atoms with Gasteiger partial charge in [0.2, 0.25) is 0 Å². The first kappa shape index (κ1) is 10.8. The Labute approximate surface area is 110 Å². The quantitative estimate of drug-likeness (QED) is 0.761. The van der Waals surface area contributed by atoms with E-state index in [0.717, 1.165) is 17.4 Å². The van der Waals surface area contributed by atoms with Crippen molar-refractivity contribution in [2.24, 2.45) is 0 Å². The van der Waals surface area contributed by atoms with Crippen molar-refractivity contribution in [3.63, 3.8) is 0 Å². The molecular weight excluding hydrogens is 274 g/mol. The molecule has 0 atom stereocenters. The van der Waals surface area contributed by atoms with Gasteiger partial charge >= 0.3 is 0 Å². The van der Waals surface area contributed by atoms with Crippen LogP contribution in [0.15, 0.2) is 46.6 Å². The second kappa shape index (κ2) is 4.19. The zero-order chi connectivity index (χ0) is 11.8. The molecule has 0 radical (unpaired) electrons. The molecule has 0 spiro atoms. The highest BCUT2D eigenvalue weighted by Gasteiger charge is 2.19. The molecule has 0 saturated heterocycles. The molecular formula is C15H14BrN. The highest BCUT2D eigenvalue weighted by Crippen LogP contribution is 2.34. The van der Waals surface area contributed by atoms with E-state index in [-0.39, 0.29) is 0 Å². The Bertz CT molecular complexity index is 578. The number of para-hydroxylation sites is 1. The van der Waals surface area contributed by atoms with Gasteiger partial charge in [-0.05, 0) is 46.1 Å². The van der Waals surface area contributed by atoms with Crippen molar-refractivity contribution in [3.8, 4) is 5.69 Å². The van der Waals surface area contributed by atoms with Crippen LogP contribution in [-0.4, -0.2) is 4.57 Å². The normalized spacial score (nSPS) is 13.6. The predicted octanol–water partition coefficient (Wildman–Crippen LogP) is 4.59. The molecule has 0 unspecified atom stereocenters. The summed E-state index contributed by atoms with van der Waals surface area (Å²) in [5, 5.41) is 0. The minimum atomic E-state index is 1.08. The van der Waals surface area contributed by atoms with E-state index < -0.39 is 0 Å². The van der Waals surface area contributed by atoms with Gasteiger partial charge in [-0.3, -0.25) is 0 Å². The monoisotopic (exact) mass is 287 g/mol. The molecule has 1 aliphatic rings. The van der Waals surface area contributed by atoms with E-state index in [9.17, 15) is 0 Å². The smallest absolute Gasteiger partial charge is 0.0900 e. The standard InChI is InChI=1S/C15H14BrN/c1-2-11-8-12-10-15(16)17(14(12)9-11)13-6-4-3-5-7-13/h3-8,10H,2,9H2,1H3. The number of halogens is 1. The first-order valence-corrected chi connectivity index (χ1v) is 6.74. The van der Waals surface area contributed by atoms with Gasteiger partial charge in [0.05, 0.1) is 4.60 Å². The van der Waals surface area contributed by atoms with Gasteiger partial charge in [0.15, 0.2) is 0 Å². The molecule has 0 bridgehead atoms. The molecule has 3 rings (SSSR count). The fraction of sp³-hybridized carbons (Fsp3) is 0.200. The van der Waals surface area contributed by atoms with Crippen LogP contribution in [0.3, 0.4) is 0 Å². The zero-order valence-electron chi connectivity index (χ0n) is 9.78. The Kier molecular flexibility index (Phi) is 2.67. The van der Waals surface area contributed by atoms with Crippen LogP contribution < -0.4 is 0 Å². The minimum absolute atomic E-state index is 1.08. The number of nitrogens with zero attached hydrogens (tertiary/aromatic N) is 1. The van der Waals surface area contributed by atoms with Crippen molar-refractivity contribution in [2.45, 2.75) is 19.8 Å². The number of hydrogen-bond donors (Lipinski definition) is 0. The molecule has 0 N–H and O–H groups in total. The van der Waals surface area contributed by atoms with Crippen LogP contribution in [0.2, 0.25) is 0 Å². The number of hydrogen-bond acceptors (Lipinski definition) is 0. The molecule has 1 aromatic heterocycles. The number of benzene rings is 1. The summed E-state index contributed by atoms with van der Waals surface area (Å²) >= 11 is 3.65. The van der Waals surface area contributed by atoms with Crippen molar-refractivity contribution in [3.05, 3.63) is 57.8 Å². The van der Waals surface area contributed by atoms with E-state index >= 15 is 0 Å². The summed E-state index contributed by atoms with van der Waals surface area (Å²) in [4.78, 5) is 0. The van der Waals surface area contributed by atoms with Crippen LogP contribution in [0.25, 0.3) is 11.8 Å². The van der Waals surface area contributed by atoms with Gasteiger partial charge in [-0.25, -0.2) is 0 Å². The minimum Gasteiger partial charge on any atom is -0.307 e. The van der Waals surface area contributed by atoms with Crippen molar-refractivity contribution in [1.29, 1.82) is 0 Å². The maximum Gasteiger partial charge on any atom is 0.0900 e. The maximum atomic E-state index is 3.65. The van der Waals surface area contributed by atoms with Gasteiger partial charge < -0.3 is 4.57 Å². The lowest BCUT2D eigenvalue weighted by atomic mass is 10.2. The Morgan fingerprint density at radius 1 is 1.24 bits per heavy atom.